The highest BCUT2D eigenvalue weighted by molar-refractivity contribution is 5.89. The van der Waals surface area contributed by atoms with Crippen LogP contribution in [0.3, 0.4) is 0 Å². The Bertz CT molecular complexity index is 292. The van der Waals surface area contributed by atoms with Gasteiger partial charge in [0.1, 0.15) is 0 Å². The summed E-state index contributed by atoms with van der Waals surface area (Å²) in [5.41, 5.74) is 1.31. The lowest BCUT2D eigenvalue weighted by atomic mass is 10.2. The van der Waals surface area contributed by atoms with Gasteiger partial charge in [0, 0.05) is 19.8 Å². The van der Waals surface area contributed by atoms with E-state index in [0.29, 0.717) is 5.56 Å². The molecule has 0 aliphatic carbocycles. The quantitative estimate of drug-likeness (QED) is 0.553. The number of anilines is 1. The first-order chi connectivity index (χ1) is 6.15. The predicted molar refractivity (Wildman–Crippen MR) is 48.8 cm³/mol. The molecule has 0 atom stereocenters. The van der Waals surface area contributed by atoms with Crippen LogP contribution in [0.5, 0.6) is 0 Å². The van der Waals surface area contributed by atoms with Gasteiger partial charge in [0.15, 0.2) is 0 Å². The predicted octanol–water partition coefficient (Wildman–Crippen LogP) is 1.38. The van der Waals surface area contributed by atoms with Gasteiger partial charge in [0.05, 0.1) is 5.56 Å². The Kier molecular flexibility index (Phi) is 2.87. The molecule has 0 unspecified atom stereocenters. The number of rotatable bonds is 2. The Morgan fingerprint density at radius 3 is 2.23 bits per heavy atom. The maximum Gasteiger partial charge on any atom is 0.372 e. The van der Waals surface area contributed by atoms with E-state index in [0.717, 1.165) is 5.69 Å². The molecule has 4 nitrogen and oxygen atoms in total. The highest BCUT2D eigenvalue weighted by atomic mass is 17.1. The summed E-state index contributed by atoms with van der Waals surface area (Å²) in [6.07, 6.45) is 0. The molecule has 4 heteroatoms. The molecular weight excluding hydrogens is 170 g/mol. The third-order valence-corrected chi connectivity index (χ3v) is 1.70. The van der Waals surface area contributed by atoms with Gasteiger partial charge in [-0.25, -0.2) is 4.79 Å². The molecule has 0 fully saturated rings. The normalized spacial score (nSPS) is 9.46. The van der Waals surface area contributed by atoms with Crippen molar-refractivity contribution in [1.29, 1.82) is 0 Å². The summed E-state index contributed by atoms with van der Waals surface area (Å²) >= 11 is 0. The fourth-order valence-electron chi connectivity index (χ4n) is 0.948. The number of benzene rings is 1. The highest BCUT2D eigenvalue weighted by Gasteiger charge is 2.05. The van der Waals surface area contributed by atoms with E-state index in [9.17, 15) is 4.79 Å². The van der Waals surface area contributed by atoms with Crippen LogP contribution < -0.4 is 4.90 Å². The summed E-state index contributed by atoms with van der Waals surface area (Å²) in [4.78, 5) is 16.3. The summed E-state index contributed by atoms with van der Waals surface area (Å²) < 4.78 is 0. The Morgan fingerprint density at radius 2 is 1.85 bits per heavy atom. The maximum atomic E-state index is 10.8. The van der Waals surface area contributed by atoms with Crippen LogP contribution >= 0.6 is 0 Å². The second kappa shape index (κ2) is 3.91. The molecular formula is C9H11NO3. The monoisotopic (exact) mass is 181 g/mol. The molecule has 1 rings (SSSR count). The Morgan fingerprint density at radius 1 is 1.31 bits per heavy atom. The highest BCUT2D eigenvalue weighted by Crippen LogP contribution is 2.12. The largest absolute Gasteiger partial charge is 0.378 e. The molecule has 0 aromatic heterocycles. The van der Waals surface area contributed by atoms with Crippen LogP contribution in [0.25, 0.3) is 0 Å². The van der Waals surface area contributed by atoms with Gasteiger partial charge in [0.2, 0.25) is 0 Å². The van der Waals surface area contributed by atoms with Crippen molar-refractivity contribution in [3.8, 4) is 0 Å². The summed E-state index contributed by atoms with van der Waals surface area (Å²) in [7, 11) is 3.80. The SMILES string of the molecule is CN(C)c1ccc(C(=O)OO)cc1. The van der Waals surface area contributed by atoms with Gasteiger partial charge in [-0.3, -0.25) is 4.89 Å². The van der Waals surface area contributed by atoms with E-state index in [1.54, 1.807) is 24.3 Å². The van der Waals surface area contributed by atoms with E-state index >= 15 is 0 Å². The van der Waals surface area contributed by atoms with Crippen molar-refractivity contribution in [2.24, 2.45) is 0 Å². The van der Waals surface area contributed by atoms with Crippen molar-refractivity contribution in [3.05, 3.63) is 29.8 Å². The molecule has 0 radical (unpaired) electrons. The Balaban J connectivity index is 2.87. The number of hydrogen-bond donors (Lipinski definition) is 1. The summed E-state index contributed by atoms with van der Waals surface area (Å²) in [5, 5.41) is 8.11. The lowest BCUT2D eigenvalue weighted by molar-refractivity contribution is -0.182. The van der Waals surface area contributed by atoms with E-state index in [1.165, 1.54) is 0 Å². The average Bonchev–Trinajstić information content (AvgIpc) is 2.17. The fraction of sp³-hybridized carbons (Fsp3) is 0.222. The van der Waals surface area contributed by atoms with Gasteiger partial charge in [-0.05, 0) is 24.3 Å². The second-order valence-corrected chi connectivity index (χ2v) is 2.82. The fourth-order valence-corrected chi connectivity index (χ4v) is 0.948. The zero-order valence-corrected chi connectivity index (χ0v) is 7.52. The zero-order chi connectivity index (χ0) is 9.84. The molecule has 0 aliphatic heterocycles. The lowest BCUT2D eigenvalue weighted by Gasteiger charge is -2.11. The molecule has 0 amide bonds. The van der Waals surface area contributed by atoms with E-state index in [-0.39, 0.29) is 0 Å². The van der Waals surface area contributed by atoms with Crippen molar-refractivity contribution in [2.75, 3.05) is 19.0 Å². The maximum absolute atomic E-state index is 10.8. The zero-order valence-electron chi connectivity index (χ0n) is 7.52. The lowest BCUT2D eigenvalue weighted by Crippen LogP contribution is -2.09. The van der Waals surface area contributed by atoms with Crippen LogP contribution in [0, 0.1) is 0 Å². The van der Waals surface area contributed by atoms with Crippen molar-refractivity contribution in [2.45, 2.75) is 0 Å². The van der Waals surface area contributed by atoms with Crippen LogP contribution in [0.4, 0.5) is 5.69 Å². The molecule has 0 heterocycles. The third kappa shape index (κ3) is 2.19. The standard InChI is InChI=1S/C9H11NO3/c1-10(2)8-5-3-7(4-6-8)9(11)13-12/h3-6,12H,1-2H3. The van der Waals surface area contributed by atoms with Crippen LogP contribution in [0.2, 0.25) is 0 Å². The molecule has 70 valence electrons. The molecule has 0 bridgehead atoms. The summed E-state index contributed by atoms with van der Waals surface area (Å²) in [5.74, 6) is -0.745. The topological polar surface area (TPSA) is 49.8 Å². The molecule has 0 spiro atoms. The molecule has 0 saturated carbocycles. The van der Waals surface area contributed by atoms with E-state index in [1.807, 2.05) is 19.0 Å². The first kappa shape index (κ1) is 9.54. The van der Waals surface area contributed by atoms with Crippen LogP contribution in [-0.2, 0) is 4.89 Å². The van der Waals surface area contributed by atoms with Gasteiger partial charge in [-0.1, -0.05) is 0 Å². The molecule has 0 saturated heterocycles. The first-order valence-corrected chi connectivity index (χ1v) is 3.78. The van der Waals surface area contributed by atoms with Gasteiger partial charge < -0.3 is 4.90 Å². The van der Waals surface area contributed by atoms with E-state index in [2.05, 4.69) is 4.89 Å². The Hall–Kier alpha value is -1.55. The molecule has 1 aromatic carbocycles. The minimum atomic E-state index is -0.745. The molecule has 1 aromatic rings. The van der Waals surface area contributed by atoms with Gasteiger partial charge in [0.25, 0.3) is 0 Å². The second-order valence-electron chi connectivity index (χ2n) is 2.82. The van der Waals surface area contributed by atoms with Gasteiger partial charge in [-0.2, -0.15) is 5.26 Å². The van der Waals surface area contributed by atoms with Crippen molar-refractivity contribution in [3.63, 3.8) is 0 Å². The molecule has 0 aliphatic rings. The van der Waals surface area contributed by atoms with Crippen LogP contribution in [0.15, 0.2) is 24.3 Å². The minimum absolute atomic E-state index is 0.327. The van der Waals surface area contributed by atoms with Crippen LogP contribution in [0.1, 0.15) is 10.4 Å². The number of carbonyl (C=O) groups excluding carboxylic acids is 1. The number of hydrogen-bond acceptors (Lipinski definition) is 4. The number of nitrogens with zero attached hydrogens (tertiary/aromatic N) is 1. The summed E-state index contributed by atoms with van der Waals surface area (Å²) in [6.45, 7) is 0. The average molecular weight is 181 g/mol. The molecule has 1 N–H and O–H groups in total. The summed E-state index contributed by atoms with van der Waals surface area (Å²) in [6, 6.07) is 6.72. The molecule has 13 heavy (non-hydrogen) atoms. The Labute approximate surface area is 76.3 Å². The smallest absolute Gasteiger partial charge is 0.372 e. The van der Waals surface area contributed by atoms with Gasteiger partial charge >= 0.3 is 5.97 Å². The first-order valence-electron chi connectivity index (χ1n) is 3.78. The van der Waals surface area contributed by atoms with Gasteiger partial charge in [-0.15, -0.1) is 0 Å². The van der Waals surface area contributed by atoms with E-state index in [4.69, 9.17) is 5.26 Å². The van der Waals surface area contributed by atoms with Crippen molar-refractivity contribution in [1.82, 2.24) is 0 Å². The van der Waals surface area contributed by atoms with Crippen molar-refractivity contribution >= 4 is 11.7 Å². The van der Waals surface area contributed by atoms with Crippen LogP contribution in [-0.4, -0.2) is 25.3 Å². The van der Waals surface area contributed by atoms with Crippen molar-refractivity contribution < 1.29 is 14.9 Å². The number of carbonyl (C=O) groups is 1. The van der Waals surface area contributed by atoms with E-state index < -0.39 is 5.97 Å². The minimum Gasteiger partial charge on any atom is -0.378 e. The third-order valence-electron chi connectivity index (χ3n) is 1.70.